The molecule has 0 aliphatic carbocycles. The smallest absolute Gasteiger partial charge is 0.270 e. The first kappa shape index (κ1) is 11.2. The molecule has 0 saturated carbocycles. The maximum Gasteiger partial charge on any atom is 0.270 e. The Morgan fingerprint density at radius 3 is 2.88 bits per heavy atom. The molecule has 2 heterocycles. The second kappa shape index (κ2) is 4.29. The average molecular weight is 221 g/mol. The fraction of sp³-hybridized carbons (Fsp3) is 0.583. The lowest BCUT2D eigenvalue weighted by molar-refractivity contribution is 0.0654. The molecule has 88 valence electrons. The number of piperidine rings is 1. The highest BCUT2D eigenvalue weighted by molar-refractivity contribution is 5.92. The molecule has 1 aliphatic heterocycles. The van der Waals surface area contributed by atoms with Gasteiger partial charge in [0.05, 0.1) is 0 Å². The summed E-state index contributed by atoms with van der Waals surface area (Å²) in [6.45, 7) is 3.65. The van der Waals surface area contributed by atoms with Crippen molar-refractivity contribution < 1.29 is 4.79 Å². The molecule has 1 aromatic rings. The van der Waals surface area contributed by atoms with E-state index >= 15 is 0 Å². The quantitative estimate of drug-likeness (QED) is 0.764. The van der Waals surface area contributed by atoms with Crippen molar-refractivity contribution in [2.24, 2.45) is 18.7 Å². The molecule has 0 aromatic carbocycles. The summed E-state index contributed by atoms with van der Waals surface area (Å²) < 4.78 is 1.86. The van der Waals surface area contributed by atoms with Crippen molar-refractivity contribution in [1.29, 1.82) is 0 Å². The summed E-state index contributed by atoms with van der Waals surface area (Å²) >= 11 is 0. The number of carbonyl (C=O) groups excluding carboxylic acids is 1. The van der Waals surface area contributed by atoms with E-state index in [2.05, 4.69) is 6.92 Å². The second-order valence-corrected chi connectivity index (χ2v) is 4.69. The molecule has 0 bridgehead atoms. The van der Waals surface area contributed by atoms with Gasteiger partial charge in [-0.2, -0.15) is 0 Å². The zero-order chi connectivity index (χ0) is 11.7. The van der Waals surface area contributed by atoms with Gasteiger partial charge in [0.1, 0.15) is 5.69 Å². The Morgan fingerprint density at radius 2 is 2.31 bits per heavy atom. The Balaban J connectivity index is 2.09. The predicted molar refractivity (Wildman–Crippen MR) is 63.1 cm³/mol. The van der Waals surface area contributed by atoms with Gasteiger partial charge in [-0.1, -0.05) is 6.92 Å². The molecule has 2 atom stereocenters. The van der Waals surface area contributed by atoms with Gasteiger partial charge >= 0.3 is 0 Å². The van der Waals surface area contributed by atoms with Gasteiger partial charge in [-0.3, -0.25) is 4.79 Å². The highest BCUT2D eigenvalue weighted by Crippen LogP contribution is 2.17. The van der Waals surface area contributed by atoms with Crippen LogP contribution in [-0.2, 0) is 7.05 Å². The van der Waals surface area contributed by atoms with E-state index in [4.69, 9.17) is 5.73 Å². The highest BCUT2D eigenvalue weighted by Gasteiger charge is 2.27. The number of aromatic nitrogens is 1. The van der Waals surface area contributed by atoms with Crippen LogP contribution in [0.5, 0.6) is 0 Å². The molecule has 1 aromatic heterocycles. The van der Waals surface area contributed by atoms with Crippen LogP contribution in [0.1, 0.15) is 23.8 Å². The molecule has 4 nitrogen and oxygen atoms in total. The first-order chi connectivity index (χ1) is 7.59. The van der Waals surface area contributed by atoms with Crippen molar-refractivity contribution in [3.8, 4) is 0 Å². The van der Waals surface area contributed by atoms with Gasteiger partial charge in [-0.25, -0.2) is 0 Å². The van der Waals surface area contributed by atoms with Crippen LogP contribution >= 0.6 is 0 Å². The predicted octanol–water partition coefficient (Wildman–Crippen LogP) is 0.834. The Labute approximate surface area is 96.0 Å². The fourth-order valence-corrected chi connectivity index (χ4v) is 2.19. The summed E-state index contributed by atoms with van der Waals surface area (Å²) in [5, 5.41) is 0. The summed E-state index contributed by atoms with van der Waals surface area (Å²) in [6.07, 6.45) is 2.80. The Hall–Kier alpha value is -1.29. The van der Waals surface area contributed by atoms with Crippen molar-refractivity contribution in [2.75, 3.05) is 13.1 Å². The lowest BCUT2D eigenvalue weighted by atomic mass is 9.94. The Morgan fingerprint density at radius 1 is 1.56 bits per heavy atom. The highest BCUT2D eigenvalue weighted by atomic mass is 16.2. The molecule has 1 aliphatic rings. The van der Waals surface area contributed by atoms with Crippen LogP contribution in [0, 0.1) is 5.92 Å². The molecule has 2 N–H and O–H groups in total. The van der Waals surface area contributed by atoms with E-state index < -0.39 is 0 Å². The van der Waals surface area contributed by atoms with Gasteiger partial charge in [-0.15, -0.1) is 0 Å². The van der Waals surface area contributed by atoms with E-state index in [1.54, 1.807) is 0 Å². The maximum absolute atomic E-state index is 12.2. The second-order valence-electron chi connectivity index (χ2n) is 4.69. The van der Waals surface area contributed by atoms with Crippen molar-refractivity contribution in [3.63, 3.8) is 0 Å². The standard InChI is InChI=1S/C12H19N3O/c1-9-8-15(7-5-10(9)13)12(16)11-4-3-6-14(11)2/h3-4,6,9-10H,5,7-8,13H2,1-2H3. The number of rotatable bonds is 1. The van der Waals surface area contributed by atoms with E-state index in [1.165, 1.54) is 0 Å². The van der Waals surface area contributed by atoms with Crippen LogP contribution in [0.4, 0.5) is 0 Å². The molecule has 4 heteroatoms. The average Bonchev–Trinajstić information content (AvgIpc) is 2.67. The maximum atomic E-state index is 12.2. The number of amides is 1. The van der Waals surface area contributed by atoms with E-state index in [-0.39, 0.29) is 11.9 Å². The van der Waals surface area contributed by atoms with Crippen LogP contribution in [0.25, 0.3) is 0 Å². The van der Waals surface area contributed by atoms with Crippen LogP contribution in [0.15, 0.2) is 18.3 Å². The third-order valence-corrected chi connectivity index (χ3v) is 3.42. The SMILES string of the molecule is CC1CN(C(=O)c2cccn2C)CCC1N. The van der Waals surface area contributed by atoms with Crippen LogP contribution in [0.2, 0.25) is 0 Å². The fourth-order valence-electron chi connectivity index (χ4n) is 2.19. The topological polar surface area (TPSA) is 51.3 Å². The number of carbonyl (C=O) groups is 1. The lowest BCUT2D eigenvalue weighted by Crippen LogP contribution is -2.48. The van der Waals surface area contributed by atoms with E-state index in [0.717, 1.165) is 25.2 Å². The number of nitrogens with two attached hydrogens (primary N) is 1. The number of likely N-dealkylation sites (tertiary alicyclic amines) is 1. The molecule has 2 unspecified atom stereocenters. The van der Waals surface area contributed by atoms with Gasteiger partial charge in [0, 0.05) is 32.4 Å². The summed E-state index contributed by atoms with van der Waals surface area (Å²) in [4.78, 5) is 14.1. The third kappa shape index (κ3) is 1.97. The van der Waals surface area contributed by atoms with E-state index in [1.807, 2.05) is 34.8 Å². The van der Waals surface area contributed by atoms with Gasteiger partial charge in [0.2, 0.25) is 0 Å². The summed E-state index contributed by atoms with van der Waals surface area (Å²) in [5.74, 6) is 0.504. The van der Waals surface area contributed by atoms with E-state index in [9.17, 15) is 4.79 Å². The van der Waals surface area contributed by atoms with Gasteiger partial charge in [-0.05, 0) is 24.5 Å². The zero-order valence-corrected chi connectivity index (χ0v) is 9.89. The molecule has 1 fully saturated rings. The van der Waals surface area contributed by atoms with E-state index in [0.29, 0.717) is 5.92 Å². The van der Waals surface area contributed by atoms with Crippen molar-refractivity contribution in [3.05, 3.63) is 24.0 Å². The minimum Gasteiger partial charge on any atom is -0.347 e. The number of hydrogen-bond acceptors (Lipinski definition) is 2. The van der Waals surface area contributed by atoms with Crippen LogP contribution in [0.3, 0.4) is 0 Å². The summed E-state index contributed by atoms with van der Waals surface area (Å²) in [7, 11) is 1.90. The normalized spacial score (nSPS) is 25.8. The van der Waals surface area contributed by atoms with Gasteiger partial charge < -0.3 is 15.2 Å². The van der Waals surface area contributed by atoms with Gasteiger partial charge in [0.15, 0.2) is 0 Å². The molecule has 16 heavy (non-hydrogen) atoms. The minimum absolute atomic E-state index is 0.117. The molecule has 1 saturated heterocycles. The zero-order valence-electron chi connectivity index (χ0n) is 9.89. The number of nitrogens with zero attached hydrogens (tertiary/aromatic N) is 2. The molecular weight excluding hydrogens is 202 g/mol. The van der Waals surface area contributed by atoms with Crippen LogP contribution in [-0.4, -0.2) is 34.5 Å². The molecule has 0 spiro atoms. The van der Waals surface area contributed by atoms with Crippen molar-refractivity contribution >= 4 is 5.91 Å². The monoisotopic (exact) mass is 221 g/mol. The van der Waals surface area contributed by atoms with Crippen molar-refractivity contribution in [2.45, 2.75) is 19.4 Å². The summed E-state index contributed by atoms with van der Waals surface area (Å²) in [6, 6.07) is 3.99. The molecule has 2 rings (SSSR count). The van der Waals surface area contributed by atoms with Crippen molar-refractivity contribution in [1.82, 2.24) is 9.47 Å². The summed E-state index contributed by atoms with van der Waals surface area (Å²) in [5.41, 5.74) is 6.70. The molecule has 1 amide bonds. The number of hydrogen-bond donors (Lipinski definition) is 1. The third-order valence-electron chi connectivity index (χ3n) is 3.42. The first-order valence-corrected chi connectivity index (χ1v) is 5.76. The number of aryl methyl sites for hydroxylation is 1. The Bertz CT molecular complexity index is 385. The molecule has 0 radical (unpaired) electrons. The molecular formula is C12H19N3O. The largest absolute Gasteiger partial charge is 0.347 e. The van der Waals surface area contributed by atoms with Crippen LogP contribution < -0.4 is 5.73 Å². The minimum atomic E-state index is 0.117. The van der Waals surface area contributed by atoms with Gasteiger partial charge in [0.25, 0.3) is 5.91 Å². The lowest BCUT2D eigenvalue weighted by Gasteiger charge is -2.35. The first-order valence-electron chi connectivity index (χ1n) is 5.76. The Kier molecular flexibility index (Phi) is 3.01.